The molecule has 0 saturated carbocycles. The molecule has 128 valence electrons. The molecule has 2 aromatic rings. The number of benzene rings is 2. The smallest absolute Gasteiger partial charge is 0.224 e. The van der Waals surface area contributed by atoms with E-state index < -0.39 is 0 Å². The molecule has 0 aliphatic heterocycles. The van der Waals surface area contributed by atoms with Gasteiger partial charge in [0.05, 0.1) is 11.6 Å². The van der Waals surface area contributed by atoms with Gasteiger partial charge in [0.2, 0.25) is 11.8 Å². The Morgan fingerprint density at radius 3 is 2.12 bits per heavy atom. The summed E-state index contributed by atoms with van der Waals surface area (Å²) >= 11 is 0. The standard InChI is InChI=1S/C20H21N3O2/c1-2-4-19(24)22-17-5-3-6-18(13-17)23-20(25)12-11-15-7-9-16(14-21)10-8-15/h3,5-10,13H,2,4,11-12H2,1H3,(H,22,24)(H,23,25). The van der Waals surface area contributed by atoms with Gasteiger partial charge in [-0.1, -0.05) is 25.1 Å². The van der Waals surface area contributed by atoms with Crippen LogP contribution in [0.3, 0.4) is 0 Å². The van der Waals surface area contributed by atoms with Gasteiger partial charge in [0.1, 0.15) is 0 Å². The quantitative estimate of drug-likeness (QED) is 0.806. The molecule has 5 heteroatoms. The summed E-state index contributed by atoms with van der Waals surface area (Å²) in [6.45, 7) is 1.95. The summed E-state index contributed by atoms with van der Waals surface area (Å²) in [7, 11) is 0. The van der Waals surface area contributed by atoms with Crippen LogP contribution >= 0.6 is 0 Å². The summed E-state index contributed by atoms with van der Waals surface area (Å²) in [6, 6.07) is 16.4. The summed E-state index contributed by atoms with van der Waals surface area (Å²) in [4.78, 5) is 23.7. The number of rotatable bonds is 7. The zero-order chi connectivity index (χ0) is 18.1. The Hall–Kier alpha value is -3.13. The maximum atomic E-state index is 12.1. The molecule has 0 aromatic heterocycles. The molecule has 2 amide bonds. The van der Waals surface area contributed by atoms with Crippen LogP contribution in [-0.4, -0.2) is 11.8 Å². The number of carbonyl (C=O) groups is 2. The third kappa shape index (κ3) is 6.11. The highest BCUT2D eigenvalue weighted by Crippen LogP contribution is 2.16. The topological polar surface area (TPSA) is 82.0 Å². The number of nitrogens with one attached hydrogen (secondary N) is 2. The second kappa shape index (κ2) is 9.24. The lowest BCUT2D eigenvalue weighted by molar-refractivity contribution is -0.117. The fourth-order valence-corrected chi connectivity index (χ4v) is 2.35. The minimum Gasteiger partial charge on any atom is -0.326 e. The summed E-state index contributed by atoms with van der Waals surface area (Å²) < 4.78 is 0. The predicted octanol–water partition coefficient (Wildman–Crippen LogP) is 3.87. The Bertz CT molecular complexity index is 776. The Labute approximate surface area is 147 Å². The maximum Gasteiger partial charge on any atom is 0.224 e. The second-order valence-electron chi connectivity index (χ2n) is 5.74. The number of anilines is 2. The zero-order valence-electron chi connectivity index (χ0n) is 14.2. The van der Waals surface area contributed by atoms with E-state index in [4.69, 9.17) is 5.26 Å². The maximum absolute atomic E-state index is 12.1. The third-order valence-corrected chi connectivity index (χ3v) is 3.63. The van der Waals surface area contributed by atoms with Crippen LogP contribution in [0.2, 0.25) is 0 Å². The third-order valence-electron chi connectivity index (χ3n) is 3.63. The van der Waals surface area contributed by atoms with Gasteiger partial charge < -0.3 is 10.6 Å². The molecule has 25 heavy (non-hydrogen) atoms. The van der Waals surface area contributed by atoms with Crippen molar-refractivity contribution in [1.29, 1.82) is 5.26 Å². The molecular weight excluding hydrogens is 314 g/mol. The molecular formula is C20H21N3O2. The number of nitriles is 1. The molecule has 0 radical (unpaired) electrons. The van der Waals surface area contributed by atoms with Gasteiger partial charge in [0, 0.05) is 24.2 Å². The van der Waals surface area contributed by atoms with E-state index >= 15 is 0 Å². The van der Waals surface area contributed by atoms with Crippen molar-refractivity contribution in [1.82, 2.24) is 0 Å². The molecule has 0 aliphatic carbocycles. The van der Waals surface area contributed by atoms with Gasteiger partial charge in [-0.25, -0.2) is 0 Å². The number of amides is 2. The van der Waals surface area contributed by atoms with Crippen LogP contribution < -0.4 is 10.6 Å². The van der Waals surface area contributed by atoms with Gasteiger partial charge in [-0.2, -0.15) is 5.26 Å². The van der Waals surface area contributed by atoms with E-state index in [1.54, 1.807) is 36.4 Å². The van der Waals surface area contributed by atoms with E-state index in [1.807, 2.05) is 19.1 Å². The van der Waals surface area contributed by atoms with Crippen LogP contribution in [0.25, 0.3) is 0 Å². The van der Waals surface area contributed by atoms with Gasteiger partial charge in [-0.05, 0) is 48.7 Å². The molecule has 0 bridgehead atoms. The van der Waals surface area contributed by atoms with Crippen molar-refractivity contribution >= 4 is 23.2 Å². The van der Waals surface area contributed by atoms with Crippen LogP contribution in [-0.2, 0) is 16.0 Å². The van der Waals surface area contributed by atoms with Crippen molar-refractivity contribution in [3.05, 3.63) is 59.7 Å². The van der Waals surface area contributed by atoms with E-state index in [2.05, 4.69) is 16.7 Å². The summed E-state index contributed by atoms with van der Waals surface area (Å²) in [5.74, 6) is -0.131. The first kappa shape index (κ1) is 18.2. The van der Waals surface area contributed by atoms with E-state index in [1.165, 1.54) is 0 Å². The van der Waals surface area contributed by atoms with E-state index in [-0.39, 0.29) is 11.8 Å². The van der Waals surface area contributed by atoms with Gasteiger partial charge in [0.25, 0.3) is 0 Å². The van der Waals surface area contributed by atoms with Crippen LogP contribution in [0.15, 0.2) is 48.5 Å². The first-order chi connectivity index (χ1) is 12.1. The highest BCUT2D eigenvalue weighted by molar-refractivity contribution is 5.94. The first-order valence-electron chi connectivity index (χ1n) is 8.29. The highest BCUT2D eigenvalue weighted by atomic mass is 16.2. The van der Waals surface area contributed by atoms with Gasteiger partial charge >= 0.3 is 0 Å². The normalized spacial score (nSPS) is 9.92. The lowest BCUT2D eigenvalue weighted by Gasteiger charge is -2.09. The van der Waals surface area contributed by atoms with Gasteiger partial charge in [0.15, 0.2) is 0 Å². The second-order valence-corrected chi connectivity index (χ2v) is 5.74. The minimum absolute atomic E-state index is 0.0354. The Morgan fingerprint density at radius 1 is 0.960 bits per heavy atom. The van der Waals surface area contributed by atoms with Gasteiger partial charge in [-0.15, -0.1) is 0 Å². The van der Waals surface area contributed by atoms with Crippen LogP contribution in [0, 0.1) is 11.3 Å². The monoisotopic (exact) mass is 335 g/mol. The predicted molar refractivity (Wildman–Crippen MR) is 98.1 cm³/mol. The van der Waals surface area contributed by atoms with Crippen LogP contribution in [0.5, 0.6) is 0 Å². The first-order valence-corrected chi connectivity index (χ1v) is 8.29. The molecule has 2 N–H and O–H groups in total. The molecule has 0 heterocycles. The molecule has 0 fully saturated rings. The number of carbonyl (C=O) groups excluding carboxylic acids is 2. The van der Waals surface area contributed by atoms with Crippen molar-refractivity contribution < 1.29 is 9.59 Å². The lowest BCUT2D eigenvalue weighted by Crippen LogP contribution is -2.13. The molecule has 0 saturated heterocycles. The zero-order valence-corrected chi connectivity index (χ0v) is 14.2. The fourth-order valence-electron chi connectivity index (χ4n) is 2.35. The van der Waals surface area contributed by atoms with Gasteiger partial charge in [-0.3, -0.25) is 9.59 Å². The van der Waals surface area contributed by atoms with E-state index in [0.717, 1.165) is 12.0 Å². The van der Waals surface area contributed by atoms with Crippen molar-refractivity contribution in [2.45, 2.75) is 32.6 Å². The number of nitrogens with zero attached hydrogens (tertiary/aromatic N) is 1. The van der Waals surface area contributed by atoms with Crippen molar-refractivity contribution in [3.8, 4) is 6.07 Å². The van der Waals surface area contributed by atoms with E-state index in [0.29, 0.717) is 36.2 Å². The molecule has 0 aliphatic rings. The average molecular weight is 335 g/mol. The Morgan fingerprint density at radius 2 is 1.56 bits per heavy atom. The molecule has 2 rings (SSSR count). The van der Waals surface area contributed by atoms with Crippen LogP contribution in [0.1, 0.15) is 37.3 Å². The van der Waals surface area contributed by atoms with E-state index in [9.17, 15) is 9.59 Å². The molecule has 0 unspecified atom stereocenters. The van der Waals surface area contributed by atoms with Crippen molar-refractivity contribution in [2.75, 3.05) is 10.6 Å². The van der Waals surface area contributed by atoms with Crippen molar-refractivity contribution in [3.63, 3.8) is 0 Å². The summed E-state index contributed by atoms with van der Waals surface area (Å²) in [5.41, 5.74) is 2.94. The van der Waals surface area contributed by atoms with Crippen molar-refractivity contribution in [2.24, 2.45) is 0 Å². The Balaban J connectivity index is 1.87. The fraction of sp³-hybridized carbons (Fsp3) is 0.250. The number of hydrogen-bond acceptors (Lipinski definition) is 3. The summed E-state index contributed by atoms with van der Waals surface area (Å²) in [5, 5.41) is 14.4. The molecule has 2 aromatic carbocycles. The molecule has 0 spiro atoms. The minimum atomic E-state index is -0.0959. The van der Waals surface area contributed by atoms with Crippen LogP contribution in [0.4, 0.5) is 11.4 Å². The number of hydrogen-bond donors (Lipinski definition) is 2. The molecule has 5 nitrogen and oxygen atoms in total. The number of aryl methyl sites for hydroxylation is 1. The Kier molecular flexibility index (Phi) is 6.73. The SMILES string of the molecule is CCCC(=O)Nc1cccc(NC(=O)CCc2ccc(C#N)cc2)c1. The largest absolute Gasteiger partial charge is 0.326 e. The highest BCUT2D eigenvalue weighted by Gasteiger charge is 2.06. The summed E-state index contributed by atoms with van der Waals surface area (Å²) in [6.07, 6.45) is 2.21. The average Bonchev–Trinajstić information content (AvgIpc) is 2.61. The molecule has 0 atom stereocenters. The lowest BCUT2D eigenvalue weighted by atomic mass is 10.1.